The van der Waals surface area contributed by atoms with Crippen LogP contribution < -0.4 is 0 Å². The van der Waals surface area contributed by atoms with Gasteiger partial charge < -0.3 is 9.90 Å². The van der Waals surface area contributed by atoms with Gasteiger partial charge in [-0.2, -0.15) is 0 Å². The fourth-order valence-corrected chi connectivity index (χ4v) is 4.70. The summed E-state index contributed by atoms with van der Waals surface area (Å²) in [5, 5.41) is 13.1. The van der Waals surface area contributed by atoms with E-state index in [4.69, 9.17) is 4.79 Å². The Balaban J connectivity index is 0.000000748. The van der Waals surface area contributed by atoms with Gasteiger partial charge in [-0.15, -0.1) is 39.5 Å². The lowest BCUT2D eigenvalue weighted by Gasteiger charge is -2.20. The first kappa shape index (κ1) is 36.6. The monoisotopic (exact) mass is 548 g/mol. The van der Waals surface area contributed by atoms with Gasteiger partial charge in [-0.25, -0.2) is 0 Å². The molecule has 1 aliphatic rings. The van der Waals surface area contributed by atoms with Crippen molar-refractivity contribution in [1.82, 2.24) is 0 Å². The molecule has 5 rings (SSSR count). The van der Waals surface area contributed by atoms with Crippen molar-refractivity contribution in [1.29, 1.82) is 0 Å². The summed E-state index contributed by atoms with van der Waals surface area (Å²) in [5.74, 6) is 1.02. The van der Waals surface area contributed by atoms with Gasteiger partial charge in [-0.3, -0.25) is 0 Å². The number of rotatable bonds is 2. The van der Waals surface area contributed by atoms with Gasteiger partial charge in [0, 0.05) is 5.56 Å². The van der Waals surface area contributed by atoms with Crippen LogP contribution in [-0.2, 0) is 11.2 Å². The molecule has 1 aliphatic carbocycles. The number of hydrogen-bond donors (Lipinski definition) is 1. The second-order valence-electron chi connectivity index (χ2n) is 9.45. The predicted molar refractivity (Wildman–Crippen MR) is 184 cm³/mol. The summed E-state index contributed by atoms with van der Waals surface area (Å²) in [6.45, 7) is 30.8. The summed E-state index contributed by atoms with van der Waals surface area (Å²) in [7, 11) is 0. The highest BCUT2D eigenvalue weighted by Crippen LogP contribution is 2.41. The molecule has 0 heterocycles. The molecule has 0 radical (unpaired) electrons. The molecular formula is C39H48O2. The SMILES string of the molecule is C=C.C=C.C=C.C=O.Cc1cc(-c2c(O)ccc3c2C=CCC3)c(C)c2ccccc12.Cc1ccc(C(C)C)cc1. The maximum atomic E-state index is 10.6. The molecule has 41 heavy (non-hydrogen) atoms. The summed E-state index contributed by atoms with van der Waals surface area (Å²) in [5.41, 5.74) is 9.85. The van der Waals surface area contributed by atoms with Crippen molar-refractivity contribution in [3.05, 3.63) is 146 Å². The Kier molecular flexibility index (Phi) is 17.5. The van der Waals surface area contributed by atoms with Gasteiger partial charge in [-0.1, -0.05) is 92.2 Å². The second kappa shape index (κ2) is 19.6. The number of hydrogen-bond acceptors (Lipinski definition) is 2. The molecule has 0 aromatic heterocycles. The summed E-state index contributed by atoms with van der Waals surface area (Å²) in [6, 6.07) is 23.3. The number of phenols is 1. The van der Waals surface area contributed by atoms with Crippen LogP contribution in [0, 0.1) is 20.8 Å². The second-order valence-corrected chi connectivity index (χ2v) is 9.45. The Morgan fingerprint density at radius 1 is 0.756 bits per heavy atom. The van der Waals surface area contributed by atoms with E-state index >= 15 is 0 Å². The van der Waals surface area contributed by atoms with Gasteiger partial charge in [0.2, 0.25) is 0 Å². The van der Waals surface area contributed by atoms with Gasteiger partial charge in [-0.05, 0) is 89.8 Å². The first-order chi connectivity index (χ1) is 19.9. The number of aromatic hydroxyl groups is 1. The van der Waals surface area contributed by atoms with E-state index in [1.807, 2.05) is 12.9 Å². The van der Waals surface area contributed by atoms with E-state index in [1.54, 1.807) is 0 Å². The molecule has 0 saturated carbocycles. The maximum absolute atomic E-state index is 10.6. The molecule has 0 saturated heterocycles. The van der Waals surface area contributed by atoms with Crippen LogP contribution in [0.5, 0.6) is 5.75 Å². The fraction of sp³-hybridized carbons (Fsp3) is 0.205. The molecule has 0 fully saturated rings. The maximum Gasteiger partial charge on any atom is 0.124 e. The smallest absolute Gasteiger partial charge is 0.124 e. The number of fused-ring (bicyclic) bond motifs is 2. The Morgan fingerprint density at radius 2 is 1.32 bits per heavy atom. The summed E-state index contributed by atoms with van der Waals surface area (Å²) in [4.78, 5) is 8.00. The molecule has 0 spiro atoms. The molecule has 4 aromatic rings. The minimum atomic E-state index is 0.369. The molecule has 1 N–H and O–H groups in total. The average Bonchev–Trinajstić information content (AvgIpc) is 3.04. The molecule has 0 unspecified atom stereocenters. The lowest BCUT2D eigenvalue weighted by Crippen LogP contribution is -1.99. The summed E-state index contributed by atoms with van der Waals surface area (Å²) in [6.07, 6.45) is 6.49. The zero-order chi connectivity index (χ0) is 31.5. The van der Waals surface area contributed by atoms with E-state index in [1.165, 1.54) is 44.2 Å². The zero-order valence-corrected chi connectivity index (χ0v) is 25.8. The van der Waals surface area contributed by atoms with Gasteiger partial charge in [0.1, 0.15) is 12.5 Å². The van der Waals surface area contributed by atoms with E-state index < -0.39 is 0 Å². The van der Waals surface area contributed by atoms with Crippen LogP contribution in [0.3, 0.4) is 0 Å². The third-order valence-electron chi connectivity index (χ3n) is 6.71. The average molecular weight is 549 g/mol. The lowest BCUT2D eigenvalue weighted by atomic mass is 9.85. The number of phenolic OH excluding ortho intramolecular Hbond substituents is 1. The minimum absolute atomic E-state index is 0.369. The van der Waals surface area contributed by atoms with E-state index in [2.05, 4.69) is 147 Å². The topological polar surface area (TPSA) is 37.3 Å². The number of carbonyl (C=O) groups excluding carboxylic acids is 1. The molecule has 216 valence electrons. The zero-order valence-electron chi connectivity index (χ0n) is 25.8. The van der Waals surface area contributed by atoms with Crippen molar-refractivity contribution >= 4 is 23.6 Å². The van der Waals surface area contributed by atoms with E-state index in [9.17, 15) is 5.11 Å². The van der Waals surface area contributed by atoms with Crippen molar-refractivity contribution in [3.8, 4) is 16.9 Å². The Morgan fingerprint density at radius 3 is 1.88 bits per heavy atom. The molecule has 0 amide bonds. The van der Waals surface area contributed by atoms with Gasteiger partial charge in [0.25, 0.3) is 0 Å². The largest absolute Gasteiger partial charge is 0.507 e. The van der Waals surface area contributed by atoms with Gasteiger partial charge in [0.15, 0.2) is 0 Å². The summed E-state index contributed by atoms with van der Waals surface area (Å²) >= 11 is 0. The standard InChI is InChI=1S/C22H20O.C10H14.3C2H4.CH2O/c1-14-13-20(15(2)18-9-6-5-8-17(14)18)22-19-10-4-3-7-16(19)11-12-21(22)23;1-8(2)10-6-4-9(3)5-7-10;4*1-2/h4-6,8-13,23H,3,7H2,1-2H3;4-8H,1-3H3;3*1-2H2;1H2. The van der Waals surface area contributed by atoms with Crippen molar-refractivity contribution in [3.63, 3.8) is 0 Å². The minimum Gasteiger partial charge on any atom is -0.507 e. The first-order valence-corrected chi connectivity index (χ1v) is 13.7. The lowest BCUT2D eigenvalue weighted by molar-refractivity contribution is -0.0980. The van der Waals surface area contributed by atoms with Crippen LogP contribution in [-0.4, -0.2) is 11.9 Å². The van der Waals surface area contributed by atoms with Crippen molar-refractivity contribution in [2.24, 2.45) is 0 Å². The van der Waals surface area contributed by atoms with Crippen LogP contribution in [0.4, 0.5) is 0 Å². The number of aryl methyl sites for hydroxylation is 4. The first-order valence-electron chi connectivity index (χ1n) is 13.7. The highest BCUT2D eigenvalue weighted by Gasteiger charge is 2.18. The number of allylic oxidation sites excluding steroid dienone is 1. The Hall–Kier alpha value is -4.43. The normalized spacial score (nSPS) is 10.4. The molecule has 0 bridgehead atoms. The molecule has 0 aliphatic heterocycles. The van der Waals surface area contributed by atoms with Crippen LogP contribution in [0.1, 0.15) is 59.6 Å². The molecular weight excluding hydrogens is 500 g/mol. The van der Waals surface area contributed by atoms with Crippen molar-refractivity contribution in [2.75, 3.05) is 0 Å². The van der Waals surface area contributed by atoms with Gasteiger partial charge in [0.05, 0.1) is 0 Å². The fourth-order valence-electron chi connectivity index (χ4n) is 4.70. The van der Waals surface area contributed by atoms with E-state index in [0.29, 0.717) is 11.7 Å². The van der Waals surface area contributed by atoms with Crippen LogP contribution >= 0.6 is 0 Å². The van der Waals surface area contributed by atoms with Gasteiger partial charge >= 0.3 is 0 Å². The Labute approximate surface area is 249 Å². The molecule has 4 aromatic carbocycles. The molecule has 2 nitrogen and oxygen atoms in total. The molecule has 0 atom stereocenters. The van der Waals surface area contributed by atoms with Crippen LogP contribution in [0.15, 0.2) is 112 Å². The third kappa shape index (κ3) is 9.61. The third-order valence-corrected chi connectivity index (χ3v) is 6.71. The van der Waals surface area contributed by atoms with Crippen molar-refractivity contribution in [2.45, 2.75) is 53.4 Å². The highest BCUT2D eigenvalue weighted by atomic mass is 16.3. The van der Waals surface area contributed by atoms with Crippen LogP contribution in [0.2, 0.25) is 0 Å². The van der Waals surface area contributed by atoms with Crippen molar-refractivity contribution < 1.29 is 9.90 Å². The number of benzene rings is 4. The number of carbonyl (C=O) groups is 1. The predicted octanol–water partition coefficient (Wildman–Crippen LogP) is 11.1. The van der Waals surface area contributed by atoms with E-state index in [-0.39, 0.29) is 0 Å². The quantitative estimate of drug-likeness (QED) is 0.253. The summed E-state index contributed by atoms with van der Waals surface area (Å²) < 4.78 is 0. The molecule has 2 heteroatoms. The van der Waals surface area contributed by atoms with E-state index in [0.717, 1.165) is 24.0 Å². The highest BCUT2D eigenvalue weighted by molar-refractivity contribution is 5.96. The van der Waals surface area contributed by atoms with Crippen LogP contribution in [0.25, 0.3) is 28.0 Å². The Bertz CT molecular complexity index is 1370.